The Bertz CT molecular complexity index is 434. The fourth-order valence-corrected chi connectivity index (χ4v) is 1.86. The molecule has 1 unspecified atom stereocenters. The van der Waals surface area contributed by atoms with Gasteiger partial charge in [0.05, 0.1) is 12.0 Å². The molecule has 1 fully saturated rings. The molecule has 98 valence electrons. The van der Waals surface area contributed by atoms with Gasteiger partial charge in [0.25, 0.3) is 5.88 Å². The first-order valence-electron chi connectivity index (χ1n) is 5.57. The predicted octanol–water partition coefficient (Wildman–Crippen LogP) is 1.29. The SMILES string of the molecule is CNc1nc(C2CCCO2)nc(OC)c1[N+](=O)[O-]. The molecule has 1 aliphatic heterocycles. The van der Waals surface area contributed by atoms with Gasteiger partial charge < -0.3 is 14.8 Å². The number of hydrogen-bond donors (Lipinski definition) is 1. The van der Waals surface area contributed by atoms with Crippen LogP contribution < -0.4 is 10.1 Å². The smallest absolute Gasteiger partial charge is 0.372 e. The van der Waals surface area contributed by atoms with Gasteiger partial charge in [0, 0.05) is 13.7 Å². The lowest BCUT2D eigenvalue weighted by molar-refractivity contribution is -0.385. The second-order valence-electron chi connectivity index (χ2n) is 3.80. The van der Waals surface area contributed by atoms with Gasteiger partial charge in [0.2, 0.25) is 5.82 Å². The molecule has 1 N–H and O–H groups in total. The number of ether oxygens (including phenoxy) is 2. The average molecular weight is 254 g/mol. The molecule has 0 amide bonds. The van der Waals surface area contributed by atoms with Crippen LogP contribution in [-0.2, 0) is 4.74 Å². The van der Waals surface area contributed by atoms with Crippen molar-refractivity contribution in [3.63, 3.8) is 0 Å². The van der Waals surface area contributed by atoms with Crippen LogP contribution in [0.15, 0.2) is 0 Å². The van der Waals surface area contributed by atoms with Crippen molar-refractivity contribution in [2.75, 3.05) is 26.1 Å². The summed E-state index contributed by atoms with van der Waals surface area (Å²) in [6, 6.07) is 0. The van der Waals surface area contributed by atoms with E-state index >= 15 is 0 Å². The van der Waals surface area contributed by atoms with Crippen LogP contribution in [0.25, 0.3) is 0 Å². The lowest BCUT2D eigenvalue weighted by Gasteiger charge is -2.11. The van der Waals surface area contributed by atoms with Gasteiger partial charge in [-0.1, -0.05) is 0 Å². The highest BCUT2D eigenvalue weighted by atomic mass is 16.6. The predicted molar refractivity (Wildman–Crippen MR) is 62.7 cm³/mol. The molecule has 2 heterocycles. The molecule has 1 aromatic heterocycles. The van der Waals surface area contributed by atoms with Gasteiger partial charge in [-0.05, 0) is 12.8 Å². The standard InChI is InChI=1S/C10H14N4O4/c1-11-9-7(14(15)16)10(17-2)13-8(12-9)6-4-3-5-18-6/h6H,3-5H2,1-2H3,(H,11,12,13). The van der Waals surface area contributed by atoms with Crippen molar-refractivity contribution in [3.8, 4) is 5.88 Å². The van der Waals surface area contributed by atoms with Gasteiger partial charge in [-0.15, -0.1) is 0 Å². The third kappa shape index (κ3) is 2.19. The fourth-order valence-electron chi connectivity index (χ4n) is 1.86. The highest BCUT2D eigenvalue weighted by molar-refractivity contribution is 5.61. The first-order chi connectivity index (χ1) is 8.67. The topological polar surface area (TPSA) is 99.4 Å². The minimum atomic E-state index is -0.566. The molecule has 1 aliphatic rings. The van der Waals surface area contributed by atoms with E-state index in [-0.39, 0.29) is 23.5 Å². The van der Waals surface area contributed by atoms with Crippen molar-refractivity contribution in [2.24, 2.45) is 0 Å². The van der Waals surface area contributed by atoms with Crippen molar-refractivity contribution < 1.29 is 14.4 Å². The molecule has 8 nitrogen and oxygen atoms in total. The van der Waals surface area contributed by atoms with Crippen LogP contribution in [0.4, 0.5) is 11.5 Å². The quantitative estimate of drug-likeness (QED) is 0.638. The van der Waals surface area contributed by atoms with Crippen LogP contribution in [-0.4, -0.2) is 35.7 Å². The Balaban J connectivity index is 2.48. The highest BCUT2D eigenvalue weighted by Gasteiger charge is 2.29. The second kappa shape index (κ2) is 5.13. The molecular weight excluding hydrogens is 240 g/mol. The summed E-state index contributed by atoms with van der Waals surface area (Å²) in [7, 11) is 2.90. The summed E-state index contributed by atoms with van der Waals surface area (Å²) in [5, 5.41) is 13.7. The molecule has 0 radical (unpaired) electrons. The average Bonchev–Trinajstić information content (AvgIpc) is 2.90. The number of rotatable bonds is 4. The van der Waals surface area contributed by atoms with E-state index < -0.39 is 4.92 Å². The second-order valence-corrected chi connectivity index (χ2v) is 3.80. The number of nitrogens with one attached hydrogen (secondary N) is 1. The molecule has 2 rings (SSSR count). The van der Waals surface area contributed by atoms with E-state index in [0.717, 1.165) is 12.8 Å². The minimum absolute atomic E-state index is 0.0511. The summed E-state index contributed by atoms with van der Waals surface area (Å²) >= 11 is 0. The summed E-state index contributed by atoms with van der Waals surface area (Å²) in [5.74, 6) is 0.501. The lowest BCUT2D eigenvalue weighted by Crippen LogP contribution is -2.10. The van der Waals surface area contributed by atoms with Gasteiger partial charge in [0.15, 0.2) is 5.82 Å². The molecule has 1 atom stereocenters. The first-order valence-corrected chi connectivity index (χ1v) is 5.57. The number of nitrogens with zero attached hydrogens (tertiary/aromatic N) is 3. The molecule has 1 saturated heterocycles. The molecule has 1 aromatic rings. The number of hydrogen-bond acceptors (Lipinski definition) is 7. The van der Waals surface area contributed by atoms with E-state index in [9.17, 15) is 10.1 Å². The third-order valence-corrected chi connectivity index (χ3v) is 2.70. The van der Waals surface area contributed by atoms with Gasteiger partial charge in [-0.25, -0.2) is 4.98 Å². The molecular formula is C10H14N4O4. The van der Waals surface area contributed by atoms with Gasteiger partial charge >= 0.3 is 5.69 Å². The summed E-state index contributed by atoms with van der Waals surface area (Å²) in [5.41, 5.74) is -0.262. The maximum absolute atomic E-state index is 11.0. The Kier molecular flexibility index (Phi) is 3.56. The summed E-state index contributed by atoms with van der Waals surface area (Å²) in [6.07, 6.45) is 1.53. The Morgan fingerprint density at radius 3 is 2.83 bits per heavy atom. The largest absolute Gasteiger partial charge is 0.476 e. The van der Waals surface area contributed by atoms with Crippen LogP contribution in [0.2, 0.25) is 0 Å². The number of anilines is 1. The van der Waals surface area contributed by atoms with Crippen LogP contribution >= 0.6 is 0 Å². The number of methoxy groups -OCH3 is 1. The van der Waals surface area contributed by atoms with E-state index in [1.807, 2.05) is 0 Å². The van der Waals surface area contributed by atoms with Crippen LogP contribution in [0.1, 0.15) is 24.8 Å². The summed E-state index contributed by atoms with van der Waals surface area (Å²) < 4.78 is 10.4. The normalized spacial score (nSPS) is 18.7. The van der Waals surface area contributed by atoms with E-state index in [0.29, 0.717) is 12.4 Å². The van der Waals surface area contributed by atoms with Crippen molar-refractivity contribution in [3.05, 3.63) is 15.9 Å². The van der Waals surface area contributed by atoms with E-state index in [1.54, 1.807) is 7.05 Å². The first kappa shape index (κ1) is 12.5. The zero-order valence-electron chi connectivity index (χ0n) is 10.2. The van der Waals surface area contributed by atoms with Crippen molar-refractivity contribution in [2.45, 2.75) is 18.9 Å². The van der Waals surface area contributed by atoms with Crippen LogP contribution in [0.5, 0.6) is 5.88 Å². The molecule has 0 aliphatic carbocycles. The van der Waals surface area contributed by atoms with Gasteiger partial charge in [-0.3, -0.25) is 10.1 Å². The van der Waals surface area contributed by atoms with Gasteiger partial charge in [-0.2, -0.15) is 4.98 Å². The monoisotopic (exact) mass is 254 g/mol. The summed E-state index contributed by atoms with van der Waals surface area (Å²) in [4.78, 5) is 18.6. The highest BCUT2D eigenvalue weighted by Crippen LogP contribution is 2.35. The summed E-state index contributed by atoms with van der Waals surface area (Å²) in [6.45, 7) is 0.655. The fraction of sp³-hybridized carbons (Fsp3) is 0.600. The molecule has 0 aromatic carbocycles. The maximum atomic E-state index is 11.0. The number of nitro groups is 1. The van der Waals surface area contributed by atoms with E-state index in [4.69, 9.17) is 9.47 Å². The molecule has 0 spiro atoms. The van der Waals surface area contributed by atoms with Crippen molar-refractivity contribution in [1.29, 1.82) is 0 Å². The third-order valence-electron chi connectivity index (χ3n) is 2.70. The molecule has 18 heavy (non-hydrogen) atoms. The Morgan fingerprint density at radius 1 is 1.56 bits per heavy atom. The van der Waals surface area contributed by atoms with E-state index in [1.165, 1.54) is 7.11 Å². The number of aromatic nitrogens is 2. The van der Waals surface area contributed by atoms with Crippen LogP contribution in [0.3, 0.4) is 0 Å². The Morgan fingerprint density at radius 2 is 2.33 bits per heavy atom. The Labute approximate surface area is 103 Å². The Hall–Kier alpha value is -1.96. The zero-order chi connectivity index (χ0) is 13.1. The van der Waals surface area contributed by atoms with Crippen LogP contribution in [0, 0.1) is 10.1 Å². The zero-order valence-corrected chi connectivity index (χ0v) is 10.2. The lowest BCUT2D eigenvalue weighted by atomic mass is 10.2. The minimum Gasteiger partial charge on any atom is -0.476 e. The molecule has 0 saturated carbocycles. The van der Waals surface area contributed by atoms with Gasteiger partial charge in [0.1, 0.15) is 6.10 Å². The van der Waals surface area contributed by atoms with Crippen molar-refractivity contribution in [1.82, 2.24) is 9.97 Å². The molecule has 0 bridgehead atoms. The molecule has 8 heteroatoms. The maximum Gasteiger partial charge on any atom is 0.372 e. The van der Waals surface area contributed by atoms with Crippen molar-refractivity contribution >= 4 is 11.5 Å². The van der Waals surface area contributed by atoms with E-state index in [2.05, 4.69) is 15.3 Å².